The van der Waals surface area contributed by atoms with Gasteiger partial charge in [0, 0.05) is 12.3 Å². The lowest BCUT2D eigenvalue weighted by Crippen LogP contribution is -2.80. The van der Waals surface area contributed by atoms with E-state index in [4.69, 9.17) is 18.9 Å². The van der Waals surface area contributed by atoms with Crippen molar-refractivity contribution in [2.45, 2.75) is 67.8 Å². The van der Waals surface area contributed by atoms with Crippen molar-refractivity contribution in [2.75, 3.05) is 13.2 Å². The molecule has 2 heterocycles. The zero-order valence-corrected chi connectivity index (χ0v) is 18.4. The minimum Gasteiger partial charge on any atom is -0.461 e. The third kappa shape index (κ3) is 2.95. The van der Waals surface area contributed by atoms with Crippen LogP contribution in [0.5, 0.6) is 0 Å². The van der Waals surface area contributed by atoms with Crippen molar-refractivity contribution in [2.24, 2.45) is 11.3 Å². The van der Waals surface area contributed by atoms with Gasteiger partial charge in [0.05, 0.1) is 18.3 Å². The Morgan fingerprint density at radius 1 is 1.09 bits per heavy atom. The summed E-state index contributed by atoms with van der Waals surface area (Å²) in [5.74, 6) is -2.00. The van der Waals surface area contributed by atoms with E-state index in [1.807, 2.05) is 0 Å². The summed E-state index contributed by atoms with van der Waals surface area (Å²) in [6.45, 7) is 0.508. The van der Waals surface area contributed by atoms with Crippen molar-refractivity contribution >= 4 is 11.9 Å². The van der Waals surface area contributed by atoms with Gasteiger partial charge in [0.2, 0.25) is 0 Å². The summed E-state index contributed by atoms with van der Waals surface area (Å²) in [5.41, 5.74) is -4.08. The molecule has 0 amide bonds. The minimum absolute atomic E-state index is 0.0508. The average Bonchev–Trinajstić information content (AvgIpc) is 2.88. The van der Waals surface area contributed by atoms with E-state index in [-0.39, 0.29) is 18.4 Å². The number of esters is 2. The summed E-state index contributed by atoms with van der Waals surface area (Å²) >= 11 is 0. The second-order valence-electron chi connectivity index (χ2n) is 9.76. The topological polar surface area (TPSA) is 172 Å². The van der Waals surface area contributed by atoms with Gasteiger partial charge >= 0.3 is 11.9 Å². The molecule has 0 aromatic heterocycles. The third-order valence-electron chi connectivity index (χ3n) is 8.07. The van der Waals surface area contributed by atoms with E-state index in [9.17, 15) is 35.1 Å². The Morgan fingerprint density at radius 3 is 2.47 bits per heavy atom. The first-order valence-electron chi connectivity index (χ1n) is 11.2. The number of hydrogen-bond donors (Lipinski definition) is 5. The highest BCUT2D eigenvalue weighted by Gasteiger charge is 2.88. The lowest BCUT2D eigenvalue weighted by atomic mass is 9.40. The molecule has 11 nitrogen and oxygen atoms in total. The maximum absolute atomic E-state index is 13.2. The molecule has 1 aromatic carbocycles. The van der Waals surface area contributed by atoms with Crippen molar-refractivity contribution in [1.82, 2.24) is 0 Å². The van der Waals surface area contributed by atoms with Crippen molar-refractivity contribution < 1.29 is 54.1 Å². The van der Waals surface area contributed by atoms with Gasteiger partial charge in [0.15, 0.2) is 6.29 Å². The Hall–Kier alpha value is -2.12. The summed E-state index contributed by atoms with van der Waals surface area (Å²) in [6.07, 6.45) is -8.41. The highest BCUT2D eigenvalue weighted by molar-refractivity contribution is 5.90. The zero-order chi connectivity index (χ0) is 24.5. The van der Waals surface area contributed by atoms with Gasteiger partial charge in [-0.2, -0.15) is 0 Å². The minimum atomic E-state index is -1.69. The van der Waals surface area contributed by atoms with Crippen LogP contribution >= 0.6 is 0 Å². The van der Waals surface area contributed by atoms with Gasteiger partial charge in [-0.15, -0.1) is 0 Å². The fraction of sp³-hybridized carbons (Fsp3) is 0.652. The van der Waals surface area contributed by atoms with E-state index >= 15 is 0 Å². The smallest absolute Gasteiger partial charge is 0.338 e. The van der Waals surface area contributed by atoms with Gasteiger partial charge in [-0.05, 0) is 25.5 Å². The molecule has 10 atom stereocenters. The van der Waals surface area contributed by atoms with E-state index in [1.54, 1.807) is 37.3 Å². The normalized spacial score (nSPS) is 47.0. The second-order valence-corrected chi connectivity index (χ2v) is 9.76. The molecule has 3 aliphatic carbocycles. The molecule has 3 saturated carbocycles. The summed E-state index contributed by atoms with van der Waals surface area (Å²) in [4.78, 5) is 25.9. The maximum Gasteiger partial charge on any atom is 0.338 e. The molecular weight excluding hydrogens is 452 g/mol. The average molecular weight is 480 g/mol. The fourth-order valence-corrected chi connectivity index (χ4v) is 6.19. The number of carbonyl (C=O) groups is 2. The SMILES string of the molecule is C[C@@]12C[C@@H](O)[C@H]3C[C@@]1(O[C@@H]1O[C@H](CO)[C@@H](O)[C@H](O)[C@H]1O)[C@]3(COC(=O)c1ccccc1)C(=O)O2. The van der Waals surface area contributed by atoms with Gasteiger partial charge in [-0.1, -0.05) is 18.2 Å². The first kappa shape index (κ1) is 23.6. The molecule has 0 unspecified atom stereocenters. The third-order valence-corrected chi connectivity index (χ3v) is 8.07. The molecule has 2 saturated heterocycles. The monoisotopic (exact) mass is 480 g/mol. The molecular formula is C23H28O11. The number of hydrogen-bond acceptors (Lipinski definition) is 11. The zero-order valence-electron chi connectivity index (χ0n) is 18.4. The van der Waals surface area contributed by atoms with Crippen LogP contribution in [0, 0.1) is 11.3 Å². The summed E-state index contributed by atoms with van der Waals surface area (Å²) in [7, 11) is 0. The molecule has 0 spiro atoms. The van der Waals surface area contributed by atoms with Gasteiger partial charge in [-0.25, -0.2) is 4.79 Å². The Bertz CT molecular complexity index is 969. The van der Waals surface area contributed by atoms with Gasteiger partial charge in [0.25, 0.3) is 0 Å². The second kappa shape index (κ2) is 7.95. The van der Waals surface area contributed by atoms with Crippen molar-refractivity contribution in [1.29, 1.82) is 0 Å². The van der Waals surface area contributed by atoms with E-state index < -0.39 is 84.5 Å². The Morgan fingerprint density at radius 2 is 1.79 bits per heavy atom. The van der Waals surface area contributed by atoms with Crippen LogP contribution in [0.3, 0.4) is 0 Å². The number of aliphatic hydroxyl groups excluding tert-OH is 5. The maximum atomic E-state index is 13.2. The Kier molecular flexibility index (Phi) is 5.52. The van der Waals surface area contributed by atoms with Crippen LogP contribution in [-0.2, 0) is 23.7 Å². The Balaban J connectivity index is 1.46. The molecule has 186 valence electrons. The lowest BCUT2D eigenvalue weighted by Gasteiger charge is -2.66. The molecule has 6 rings (SSSR count). The van der Waals surface area contributed by atoms with Crippen LogP contribution in [0.2, 0.25) is 0 Å². The van der Waals surface area contributed by atoms with E-state index in [2.05, 4.69) is 0 Å². The van der Waals surface area contributed by atoms with Gasteiger partial charge in [-0.3, -0.25) is 4.79 Å². The van der Waals surface area contributed by atoms with Gasteiger partial charge < -0.3 is 44.5 Å². The van der Waals surface area contributed by atoms with Crippen LogP contribution in [0.4, 0.5) is 0 Å². The summed E-state index contributed by atoms with van der Waals surface area (Å²) in [5, 5.41) is 51.0. The van der Waals surface area contributed by atoms with Crippen molar-refractivity contribution in [3.8, 4) is 0 Å². The number of fused-ring (bicyclic) bond motifs is 1. The van der Waals surface area contributed by atoms with Crippen molar-refractivity contribution in [3.05, 3.63) is 35.9 Å². The summed E-state index contributed by atoms with van der Waals surface area (Å²) in [6, 6.07) is 8.20. The fourth-order valence-electron chi connectivity index (χ4n) is 6.19. The predicted octanol–water partition coefficient (Wildman–Crippen LogP) is -1.51. The molecule has 34 heavy (non-hydrogen) atoms. The predicted molar refractivity (Wildman–Crippen MR) is 110 cm³/mol. The van der Waals surface area contributed by atoms with Crippen molar-refractivity contribution in [3.63, 3.8) is 0 Å². The highest BCUT2D eigenvalue weighted by atomic mass is 16.7. The van der Waals surface area contributed by atoms with Gasteiger partial charge in [0.1, 0.15) is 47.6 Å². The first-order chi connectivity index (χ1) is 16.1. The largest absolute Gasteiger partial charge is 0.461 e. The number of benzene rings is 1. The van der Waals surface area contributed by atoms with Crippen LogP contribution < -0.4 is 0 Å². The molecule has 5 N–H and O–H groups in total. The quantitative estimate of drug-likeness (QED) is 0.300. The molecule has 1 aromatic rings. The van der Waals surface area contributed by atoms with Crippen LogP contribution in [0.1, 0.15) is 30.1 Å². The number of carbonyl (C=O) groups excluding carboxylic acids is 2. The lowest BCUT2D eigenvalue weighted by molar-refractivity contribution is -0.394. The van der Waals surface area contributed by atoms with Crippen LogP contribution in [0.15, 0.2) is 30.3 Å². The first-order valence-corrected chi connectivity index (χ1v) is 11.2. The highest BCUT2D eigenvalue weighted by Crippen LogP contribution is 2.73. The van der Waals surface area contributed by atoms with Crippen LogP contribution in [-0.4, -0.2) is 98.7 Å². The number of ether oxygens (including phenoxy) is 4. The van der Waals surface area contributed by atoms with E-state index in [0.717, 1.165) is 0 Å². The van der Waals surface area contributed by atoms with E-state index in [0.29, 0.717) is 0 Å². The molecule has 5 aliphatic rings. The number of rotatable bonds is 6. The van der Waals surface area contributed by atoms with Crippen LogP contribution in [0.25, 0.3) is 0 Å². The molecule has 11 heteroatoms. The standard InChI is InChI=1S/C23H28O11/c1-21-8-13(25)12-7-23(21,33-19-17(28)16(27)15(26)14(9-24)32-19)22(12,20(30)34-21)10-31-18(29)11-5-3-2-4-6-11/h2-6,12-17,19,24-28H,7-10H2,1H3/t12-,13-,14-,15-,16+,17-,19+,21-,22+,23+/m1/s1. The summed E-state index contributed by atoms with van der Waals surface area (Å²) < 4.78 is 22.9. The molecule has 5 fully saturated rings. The van der Waals surface area contributed by atoms with E-state index in [1.165, 1.54) is 0 Å². The molecule has 2 aliphatic heterocycles. The number of aliphatic hydroxyl groups is 5. The molecule has 4 bridgehead atoms. The Labute approximate surface area is 194 Å². The molecule has 0 radical (unpaired) electrons.